The third-order valence-electron chi connectivity index (χ3n) is 8.78. The topological polar surface area (TPSA) is 77.2 Å². The van der Waals surface area contributed by atoms with Gasteiger partial charge in [-0.05, 0) is 66.0 Å². The van der Waals surface area contributed by atoms with Gasteiger partial charge in [0.05, 0.1) is 0 Å². The van der Waals surface area contributed by atoms with Crippen molar-refractivity contribution in [3.63, 3.8) is 0 Å². The number of H-pyrrole nitrogens is 1. The Kier molecular flexibility index (Phi) is 7.13. The fourth-order valence-electron chi connectivity index (χ4n) is 6.54. The Bertz CT molecular complexity index is 2030. The molecule has 1 aromatic heterocycles. The second-order valence-corrected chi connectivity index (χ2v) is 11.3. The minimum Gasteiger partial charge on any atom is -0.378 e. The van der Waals surface area contributed by atoms with Crippen LogP contribution in [0.25, 0.3) is 33.3 Å². The van der Waals surface area contributed by atoms with Gasteiger partial charge in [-0.3, -0.25) is 14.5 Å². The molecular formula is C37H34N4O2. The number of nitrogens with zero attached hydrogens (tertiary/aromatic N) is 1. The minimum absolute atomic E-state index is 0.334. The fourth-order valence-corrected chi connectivity index (χ4v) is 6.54. The third-order valence-corrected chi connectivity index (χ3v) is 8.78. The number of likely N-dealkylation sites (tertiary alicyclic amines) is 1. The third kappa shape index (κ3) is 4.94. The lowest BCUT2D eigenvalue weighted by atomic mass is 9.89. The fraction of sp³-hybridized carbons (Fsp3) is 0.189. The van der Waals surface area contributed by atoms with Crippen molar-refractivity contribution in [1.82, 2.24) is 9.88 Å². The zero-order valence-electron chi connectivity index (χ0n) is 24.2. The smallest absolute Gasteiger partial charge is 0.253 e. The maximum absolute atomic E-state index is 13.0. The van der Waals surface area contributed by atoms with Crippen LogP contribution in [0.5, 0.6) is 0 Å². The van der Waals surface area contributed by atoms with Gasteiger partial charge in [-0.15, -0.1) is 0 Å². The highest BCUT2D eigenvalue weighted by Gasteiger charge is 2.27. The lowest BCUT2D eigenvalue weighted by Crippen LogP contribution is -2.40. The van der Waals surface area contributed by atoms with Crippen LogP contribution in [-0.2, 0) is 0 Å². The van der Waals surface area contributed by atoms with Crippen LogP contribution in [0.1, 0.15) is 36.5 Å². The highest BCUT2D eigenvalue weighted by Crippen LogP contribution is 2.41. The van der Waals surface area contributed by atoms with Crippen molar-refractivity contribution < 1.29 is 0 Å². The first-order valence-electron chi connectivity index (χ1n) is 15.1. The molecule has 0 bridgehead atoms. The number of aromatic nitrogens is 1. The number of hydrogen-bond acceptors (Lipinski definition) is 5. The maximum atomic E-state index is 13.0. The number of likely N-dealkylation sites (N-methyl/N-ethyl adjacent to an activating group) is 1. The summed E-state index contributed by atoms with van der Waals surface area (Å²) in [5, 5.41) is 10.0. The van der Waals surface area contributed by atoms with Crippen LogP contribution in [0.15, 0.2) is 107 Å². The first kappa shape index (κ1) is 26.9. The molecule has 6 aromatic rings. The molecule has 7 rings (SSSR count). The lowest BCUT2D eigenvalue weighted by Gasteiger charge is -2.25. The summed E-state index contributed by atoms with van der Waals surface area (Å²) < 4.78 is 0. The molecule has 1 aliphatic rings. The molecule has 214 valence electrons. The molecule has 1 fully saturated rings. The van der Waals surface area contributed by atoms with Crippen molar-refractivity contribution >= 4 is 50.4 Å². The maximum Gasteiger partial charge on any atom is 0.253 e. The summed E-state index contributed by atoms with van der Waals surface area (Å²) in [6, 6.07) is 31.3. The average Bonchev–Trinajstić information content (AvgIpc) is 3.70. The number of para-hydroxylation sites is 1. The Morgan fingerprint density at radius 1 is 0.884 bits per heavy atom. The first-order valence-corrected chi connectivity index (χ1v) is 15.1. The molecule has 0 aliphatic carbocycles. The Balaban J connectivity index is 1.37. The van der Waals surface area contributed by atoms with E-state index in [0.29, 0.717) is 24.0 Å². The van der Waals surface area contributed by atoms with Gasteiger partial charge < -0.3 is 15.6 Å². The number of fused-ring (bicyclic) bond motifs is 2. The van der Waals surface area contributed by atoms with E-state index in [4.69, 9.17) is 0 Å². The molecule has 0 radical (unpaired) electrons. The van der Waals surface area contributed by atoms with Crippen LogP contribution in [0.3, 0.4) is 0 Å². The lowest BCUT2D eigenvalue weighted by molar-refractivity contribution is 0.277. The normalized spacial score (nSPS) is 15.9. The molecule has 1 unspecified atom stereocenters. The number of hydrogen-bond donors (Lipinski definition) is 3. The zero-order chi connectivity index (χ0) is 29.3. The van der Waals surface area contributed by atoms with E-state index in [2.05, 4.69) is 82.2 Å². The molecule has 6 heteroatoms. The molecule has 43 heavy (non-hydrogen) atoms. The van der Waals surface area contributed by atoms with Gasteiger partial charge in [0.15, 0.2) is 0 Å². The molecule has 1 atom stereocenters. The molecule has 1 aliphatic heterocycles. The van der Waals surface area contributed by atoms with Gasteiger partial charge in [0.1, 0.15) is 11.4 Å². The van der Waals surface area contributed by atoms with E-state index < -0.39 is 10.9 Å². The van der Waals surface area contributed by atoms with Gasteiger partial charge in [0, 0.05) is 46.5 Å². The summed E-state index contributed by atoms with van der Waals surface area (Å²) in [6.45, 7) is 4.86. The molecule has 0 saturated carbocycles. The predicted molar refractivity (Wildman–Crippen MR) is 179 cm³/mol. The minimum atomic E-state index is -0.485. The molecule has 3 N–H and O–H groups in total. The van der Waals surface area contributed by atoms with Gasteiger partial charge in [0.25, 0.3) is 10.9 Å². The molecule has 1 saturated heterocycles. The molecule has 6 nitrogen and oxygen atoms in total. The Hall–Kier alpha value is -4.94. The van der Waals surface area contributed by atoms with Gasteiger partial charge >= 0.3 is 0 Å². The Morgan fingerprint density at radius 2 is 1.63 bits per heavy atom. The van der Waals surface area contributed by atoms with E-state index in [-0.39, 0.29) is 0 Å². The van der Waals surface area contributed by atoms with E-state index in [1.54, 1.807) is 0 Å². The number of benzene rings is 4. The number of rotatable bonds is 9. The van der Waals surface area contributed by atoms with Crippen molar-refractivity contribution in [2.24, 2.45) is 0 Å². The summed E-state index contributed by atoms with van der Waals surface area (Å²) in [7, 11) is 0. The standard InChI is InChI=1S/C37H34N4O2/c1-2-41-20-10-14-26(41)22-39-34-35(37(43)36(34)42)40-32-19-18-25-13-6-7-15-27(25)33(32)29(21-24-11-4-3-5-12-24)30-23-38-31-17-9-8-16-28(30)31/h3-9,11-13,15-19,21,23,26,38-40H,2,10,14,20,22H2,1H3. The summed E-state index contributed by atoms with van der Waals surface area (Å²) in [5.41, 5.74) is 5.71. The highest BCUT2D eigenvalue weighted by atomic mass is 16.2. The number of nitrogens with one attached hydrogen (secondary N) is 3. The largest absolute Gasteiger partial charge is 0.378 e. The molecule has 0 amide bonds. The van der Waals surface area contributed by atoms with Crippen molar-refractivity contribution in [3.05, 3.63) is 134 Å². The summed E-state index contributed by atoms with van der Waals surface area (Å²) >= 11 is 0. The van der Waals surface area contributed by atoms with E-state index in [0.717, 1.165) is 75.6 Å². The van der Waals surface area contributed by atoms with Crippen LogP contribution in [0.4, 0.5) is 17.1 Å². The van der Waals surface area contributed by atoms with E-state index in [1.165, 1.54) is 0 Å². The predicted octanol–water partition coefficient (Wildman–Crippen LogP) is 7.15. The van der Waals surface area contributed by atoms with Gasteiger partial charge in [0.2, 0.25) is 0 Å². The van der Waals surface area contributed by atoms with Crippen molar-refractivity contribution in [2.45, 2.75) is 25.8 Å². The van der Waals surface area contributed by atoms with Gasteiger partial charge in [-0.2, -0.15) is 0 Å². The summed E-state index contributed by atoms with van der Waals surface area (Å²) in [4.78, 5) is 31.6. The Labute approximate surface area is 250 Å². The monoisotopic (exact) mass is 566 g/mol. The average molecular weight is 567 g/mol. The van der Waals surface area contributed by atoms with E-state index >= 15 is 0 Å². The molecular weight excluding hydrogens is 532 g/mol. The van der Waals surface area contributed by atoms with Gasteiger partial charge in [-0.25, -0.2) is 0 Å². The number of anilines is 3. The second kappa shape index (κ2) is 11.4. The van der Waals surface area contributed by atoms with Crippen LogP contribution in [0, 0.1) is 0 Å². The van der Waals surface area contributed by atoms with Crippen LogP contribution < -0.4 is 21.5 Å². The number of aromatic amines is 1. The quantitative estimate of drug-likeness (QED) is 0.128. The highest BCUT2D eigenvalue weighted by molar-refractivity contribution is 6.11. The molecule has 2 heterocycles. The van der Waals surface area contributed by atoms with Gasteiger partial charge in [-0.1, -0.05) is 85.8 Å². The van der Waals surface area contributed by atoms with Crippen LogP contribution >= 0.6 is 0 Å². The SMILES string of the molecule is CCN1CCCC1CNc1c(Nc2ccc3ccccc3c2C(=Cc2ccccc2)c2c[nH]c3ccccc23)c(=O)c1=O. The van der Waals surface area contributed by atoms with Crippen LogP contribution in [-0.4, -0.2) is 35.6 Å². The van der Waals surface area contributed by atoms with Crippen molar-refractivity contribution in [3.8, 4) is 0 Å². The first-order chi connectivity index (χ1) is 21.1. The second-order valence-electron chi connectivity index (χ2n) is 11.3. The molecule has 0 spiro atoms. The van der Waals surface area contributed by atoms with Crippen molar-refractivity contribution in [2.75, 3.05) is 30.3 Å². The summed E-state index contributed by atoms with van der Waals surface area (Å²) in [6.07, 6.45) is 6.49. The zero-order valence-corrected chi connectivity index (χ0v) is 24.2. The molecule has 5 aromatic carbocycles. The van der Waals surface area contributed by atoms with Crippen molar-refractivity contribution in [1.29, 1.82) is 0 Å². The Morgan fingerprint density at radius 3 is 2.47 bits per heavy atom. The summed E-state index contributed by atoms with van der Waals surface area (Å²) in [5.74, 6) is 0. The van der Waals surface area contributed by atoms with Crippen LogP contribution in [0.2, 0.25) is 0 Å². The van der Waals surface area contributed by atoms with E-state index in [9.17, 15) is 9.59 Å². The van der Waals surface area contributed by atoms with E-state index in [1.807, 2.05) is 48.5 Å².